The van der Waals surface area contributed by atoms with Crippen LogP contribution in [0.2, 0.25) is 0 Å². The molecule has 2 heterocycles. The van der Waals surface area contributed by atoms with E-state index in [0.29, 0.717) is 13.1 Å². The van der Waals surface area contributed by atoms with Crippen molar-refractivity contribution in [3.63, 3.8) is 0 Å². The maximum atomic E-state index is 12.5. The highest BCUT2D eigenvalue weighted by Gasteiger charge is 2.35. The van der Waals surface area contributed by atoms with Gasteiger partial charge in [0.1, 0.15) is 17.4 Å². The minimum atomic E-state index is -4.42. The number of pyridine rings is 1. The molecule has 0 aliphatic carbocycles. The molecule has 8 heteroatoms. The number of hydrogen-bond donors (Lipinski definition) is 1. The van der Waals surface area contributed by atoms with E-state index in [1.165, 1.54) is 12.3 Å². The van der Waals surface area contributed by atoms with E-state index in [-0.39, 0.29) is 36.7 Å². The molecule has 0 unspecified atom stereocenters. The molecule has 2 rings (SSSR count). The maximum Gasteiger partial charge on any atom is 0.421 e. The van der Waals surface area contributed by atoms with Crippen molar-refractivity contribution in [1.29, 1.82) is 0 Å². The summed E-state index contributed by atoms with van der Waals surface area (Å²) in [6.07, 6.45) is -2.52. The number of aromatic nitrogens is 1. The second kappa shape index (κ2) is 6.28. The number of ether oxygens (including phenoxy) is 1. The molecule has 1 aromatic rings. The van der Waals surface area contributed by atoms with Crippen molar-refractivity contribution in [3.05, 3.63) is 24.0 Å². The van der Waals surface area contributed by atoms with Crippen LogP contribution >= 0.6 is 24.8 Å². The lowest BCUT2D eigenvalue weighted by Gasteiger charge is -2.28. The molecule has 1 N–H and O–H groups in total. The zero-order valence-electron chi connectivity index (χ0n) is 8.53. The van der Waals surface area contributed by atoms with E-state index in [0.717, 1.165) is 6.20 Å². The van der Waals surface area contributed by atoms with Crippen LogP contribution in [0.15, 0.2) is 18.5 Å². The predicted octanol–water partition coefficient (Wildman–Crippen LogP) is 2.29. The Bertz CT molecular complexity index is 358. The van der Waals surface area contributed by atoms with Crippen molar-refractivity contribution >= 4 is 24.8 Å². The van der Waals surface area contributed by atoms with E-state index >= 15 is 0 Å². The lowest BCUT2D eigenvalue weighted by atomic mass is 10.2. The summed E-state index contributed by atoms with van der Waals surface area (Å²) in [5.41, 5.74) is -0.822. The van der Waals surface area contributed by atoms with Crippen molar-refractivity contribution in [2.75, 3.05) is 13.1 Å². The Morgan fingerprint density at radius 2 is 1.94 bits per heavy atom. The van der Waals surface area contributed by atoms with Crippen molar-refractivity contribution in [2.45, 2.75) is 12.3 Å². The predicted molar refractivity (Wildman–Crippen MR) is 61.0 cm³/mol. The van der Waals surface area contributed by atoms with Crippen molar-refractivity contribution < 1.29 is 17.9 Å². The summed E-state index contributed by atoms with van der Waals surface area (Å²) in [6, 6.07) is 1.24. The Hall–Kier alpha value is -0.720. The second-order valence-electron chi connectivity index (χ2n) is 3.27. The van der Waals surface area contributed by atoms with Gasteiger partial charge in [-0.05, 0) is 6.07 Å². The van der Waals surface area contributed by atoms with E-state index in [2.05, 4.69) is 10.3 Å². The third-order valence-electron chi connectivity index (χ3n) is 2.12. The summed E-state index contributed by atoms with van der Waals surface area (Å²) in [7, 11) is 0. The van der Waals surface area contributed by atoms with Gasteiger partial charge in [-0.25, -0.2) is 0 Å². The summed E-state index contributed by atoms with van der Waals surface area (Å²) >= 11 is 0. The fourth-order valence-corrected chi connectivity index (χ4v) is 1.22. The molecular formula is C9H11Cl2F3N2O. The Labute approximate surface area is 109 Å². The molecule has 0 saturated carbocycles. The van der Waals surface area contributed by atoms with Crippen molar-refractivity contribution in [2.24, 2.45) is 0 Å². The molecule has 0 spiro atoms. The molecule has 1 aliphatic heterocycles. The first kappa shape index (κ1) is 16.3. The number of rotatable bonds is 2. The highest BCUT2D eigenvalue weighted by molar-refractivity contribution is 5.85. The van der Waals surface area contributed by atoms with Crippen LogP contribution in [0.1, 0.15) is 5.56 Å². The third-order valence-corrected chi connectivity index (χ3v) is 2.12. The largest absolute Gasteiger partial charge is 0.487 e. The standard InChI is InChI=1S/C9H9F3N2O.2ClH/c10-9(11,12)7-5-13-2-1-8(7)15-6-3-14-4-6;;/h1-2,5-6,14H,3-4H2;2*1H. The van der Waals surface area contributed by atoms with Gasteiger partial charge in [0.2, 0.25) is 0 Å². The first-order valence-corrected chi connectivity index (χ1v) is 4.46. The third kappa shape index (κ3) is 3.90. The van der Waals surface area contributed by atoms with Crippen LogP contribution in [0.4, 0.5) is 13.2 Å². The quantitative estimate of drug-likeness (QED) is 0.908. The summed E-state index contributed by atoms with van der Waals surface area (Å²) in [5.74, 6) is -0.149. The van der Waals surface area contributed by atoms with Crippen molar-refractivity contribution in [3.8, 4) is 5.75 Å². The van der Waals surface area contributed by atoms with E-state index in [9.17, 15) is 13.2 Å². The van der Waals surface area contributed by atoms with Crippen LogP contribution in [0.25, 0.3) is 0 Å². The Morgan fingerprint density at radius 3 is 2.41 bits per heavy atom. The molecule has 1 aromatic heterocycles. The van der Waals surface area contributed by atoms with E-state index in [4.69, 9.17) is 4.74 Å². The zero-order chi connectivity index (χ0) is 10.9. The van der Waals surface area contributed by atoms with Gasteiger partial charge in [0, 0.05) is 25.5 Å². The number of hydrogen-bond acceptors (Lipinski definition) is 3. The van der Waals surface area contributed by atoms with Crippen LogP contribution in [-0.2, 0) is 6.18 Å². The SMILES string of the molecule is Cl.Cl.FC(F)(F)c1cnccc1OC1CNC1. The minimum Gasteiger partial charge on any atom is -0.487 e. The van der Waals surface area contributed by atoms with Crippen LogP contribution in [0, 0.1) is 0 Å². The van der Waals surface area contributed by atoms with Gasteiger partial charge in [-0.2, -0.15) is 13.2 Å². The molecule has 1 aliphatic rings. The van der Waals surface area contributed by atoms with Gasteiger partial charge < -0.3 is 10.1 Å². The molecular weight excluding hydrogens is 280 g/mol. The van der Waals surface area contributed by atoms with E-state index in [1.54, 1.807) is 0 Å². The van der Waals surface area contributed by atoms with Gasteiger partial charge in [0.25, 0.3) is 0 Å². The average molecular weight is 291 g/mol. The summed E-state index contributed by atoms with van der Waals surface area (Å²) in [4.78, 5) is 3.45. The Morgan fingerprint density at radius 1 is 1.29 bits per heavy atom. The molecule has 0 bridgehead atoms. The molecule has 98 valence electrons. The normalized spacial score (nSPS) is 15.2. The number of nitrogens with zero attached hydrogens (tertiary/aromatic N) is 1. The average Bonchev–Trinajstić information content (AvgIpc) is 2.10. The molecule has 0 atom stereocenters. The second-order valence-corrected chi connectivity index (χ2v) is 3.27. The van der Waals surface area contributed by atoms with Gasteiger partial charge in [0.15, 0.2) is 0 Å². The van der Waals surface area contributed by atoms with Crippen LogP contribution in [0.3, 0.4) is 0 Å². The molecule has 3 nitrogen and oxygen atoms in total. The fourth-order valence-electron chi connectivity index (χ4n) is 1.22. The number of halogens is 5. The maximum absolute atomic E-state index is 12.5. The Kier molecular flexibility index (Phi) is 6.01. The first-order chi connectivity index (χ1) is 7.07. The molecule has 17 heavy (non-hydrogen) atoms. The topological polar surface area (TPSA) is 34.1 Å². The monoisotopic (exact) mass is 290 g/mol. The Balaban J connectivity index is 0.00000128. The van der Waals surface area contributed by atoms with Crippen molar-refractivity contribution in [1.82, 2.24) is 10.3 Å². The van der Waals surface area contributed by atoms with Gasteiger partial charge in [-0.3, -0.25) is 4.98 Å². The minimum absolute atomic E-state index is 0. The van der Waals surface area contributed by atoms with E-state index < -0.39 is 11.7 Å². The fraction of sp³-hybridized carbons (Fsp3) is 0.444. The summed E-state index contributed by atoms with van der Waals surface area (Å²) in [5, 5.41) is 2.92. The van der Waals surface area contributed by atoms with Gasteiger partial charge in [-0.15, -0.1) is 24.8 Å². The van der Waals surface area contributed by atoms with Gasteiger partial charge >= 0.3 is 6.18 Å². The van der Waals surface area contributed by atoms with E-state index in [1.807, 2.05) is 0 Å². The highest BCUT2D eigenvalue weighted by Crippen LogP contribution is 2.35. The van der Waals surface area contributed by atoms with Crippen LogP contribution in [-0.4, -0.2) is 24.2 Å². The first-order valence-electron chi connectivity index (χ1n) is 4.46. The number of alkyl halides is 3. The van der Waals surface area contributed by atoms with Crippen LogP contribution < -0.4 is 10.1 Å². The lowest BCUT2D eigenvalue weighted by Crippen LogP contribution is -2.50. The molecule has 1 saturated heterocycles. The highest BCUT2D eigenvalue weighted by atomic mass is 35.5. The molecule has 0 radical (unpaired) electrons. The lowest BCUT2D eigenvalue weighted by molar-refractivity contribution is -0.139. The summed E-state index contributed by atoms with van der Waals surface area (Å²) < 4.78 is 42.6. The zero-order valence-corrected chi connectivity index (χ0v) is 10.2. The number of nitrogens with one attached hydrogen (secondary N) is 1. The molecule has 0 amide bonds. The molecule has 1 fully saturated rings. The van der Waals surface area contributed by atoms with Gasteiger partial charge in [0.05, 0.1) is 0 Å². The van der Waals surface area contributed by atoms with Gasteiger partial charge in [-0.1, -0.05) is 0 Å². The molecule has 0 aromatic carbocycles. The van der Waals surface area contributed by atoms with Crippen LogP contribution in [0.5, 0.6) is 5.75 Å². The smallest absolute Gasteiger partial charge is 0.421 e. The summed E-state index contributed by atoms with van der Waals surface area (Å²) in [6.45, 7) is 1.17.